The quantitative estimate of drug-likeness (QED) is 0.341. The van der Waals surface area contributed by atoms with Gasteiger partial charge in [0.05, 0.1) is 17.6 Å². The number of benzene rings is 1. The van der Waals surface area contributed by atoms with Crippen LogP contribution in [0.4, 0.5) is 14.9 Å². The molecule has 2 aromatic heterocycles. The molecule has 0 aliphatic carbocycles. The summed E-state index contributed by atoms with van der Waals surface area (Å²) in [4.78, 5) is 60.6. The zero-order valence-corrected chi connectivity index (χ0v) is 24.2. The third-order valence-corrected chi connectivity index (χ3v) is 6.10. The van der Waals surface area contributed by atoms with E-state index < -0.39 is 23.7 Å². The van der Waals surface area contributed by atoms with Crippen LogP contribution in [0.25, 0.3) is 11.0 Å². The van der Waals surface area contributed by atoms with E-state index in [0.29, 0.717) is 29.2 Å². The highest BCUT2D eigenvalue weighted by atomic mass is 19.1. The van der Waals surface area contributed by atoms with Crippen LogP contribution in [-0.4, -0.2) is 76.5 Å². The number of allylic oxidation sites excluding steroid dienone is 1. The Kier molecular flexibility index (Phi) is 10.4. The van der Waals surface area contributed by atoms with Crippen LogP contribution in [0.3, 0.4) is 0 Å². The van der Waals surface area contributed by atoms with E-state index in [0.717, 1.165) is 5.56 Å². The molecule has 0 aliphatic heterocycles. The van der Waals surface area contributed by atoms with Crippen molar-refractivity contribution in [3.05, 3.63) is 70.2 Å². The van der Waals surface area contributed by atoms with E-state index in [-0.39, 0.29) is 36.8 Å². The molecule has 0 bridgehead atoms. The molecule has 11 nitrogen and oxygen atoms in total. The molecule has 1 atom stereocenters. The van der Waals surface area contributed by atoms with Crippen LogP contribution in [0.5, 0.6) is 0 Å². The first-order valence-corrected chi connectivity index (χ1v) is 13.3. The Morgan fingerprint density at radius 2 is 1.90 bits per heavy atom. The molecule has 3 amide bonds. The first-order valence-electron chi connectivity index (χ1n) is 13.3. The molecule has 12 heteroatoms. The minimum Gasteiger partial charge on any atom is -0.436 e. The number of aromatic amines is 1. The second-order valence-corrected chi connectivity index (χ2v) is 10.6. The lowest BCUT2D eigenvalue weighted by atomic mass is 10.0. The number of carbonyl (C=O) groups is 3. The first-order chi connectivity index (χ1) is 19.3. The summed E-state index contributed by atoms with van der Waals surface area (Å²) >= 11 is 0. The summed E-state index contributed by atoms with van der Waals surface area (Å²) < 4.78 is 20.9. The maximum atomic E-state index is 14.2. The first kappa shape index (κ1) is 31.1. The summed E-state index contributed by atoms with van der Waals surface area (Å²) in [6, 6.07) is 5.90. The van der Waals surface area contributed by atoms with Crippen LogP contribution in [0.2, 0.25) is 0 Å². The Morgan fingerprint density at radius 3 is 2.56 bits per heavy atom. The summed E-state index contributed by atoms with van der Waals surface area (Å²) in [5, 5.41) is 2.57. The lowest BCUT2D eigenvalue weighted by Crippen LogP contribution is -2.37. The molecule has 41 heavy (non-hydrogen) atoms. The number of rotatable bonds is 11. The topological polar surface area (TPSA) is 130 Å². The number of halogens is 1. The molecule has 0 saturated carbocycles. The Morgan fingerprint density at radius 1 is 1.17 bits per heavy atom. The lowest BCUT2D eigenvalue weighted by Gasteiger charge is -2.19. The average molecular weight is 569 g/mol. The van der Waals surface area contributed by atoms with Crippen molar-refractivity contribution in [3.63, 3.8) is 0 Å². The highest BCUT2D eigenvalue weighted by Gasteiger charge is 2.24. The molecule has 3 aromatic rings. The van der Waals surface area contributed by atoms with Gasteiger partial charge in [0.25, 0.3) is 11.5 Å². The third-order valence-electron chi connectivity index (χ3n) is 6.10. The van der Waals surface area contributed by atoms with E-state index in [9.17, 15) is 23.6 Å². The Balaban J connectivity index is 1.79. The standard InChI is InChI=1S/C29H37FN6O5/c1-18(2)14-19-15-20(30)16-22-26(19)33-24(31-22)17-36-13-9-10-21(28(36)39)32-27(38)23(41-29(40)35(5)6)11-7-8-12-25(37)34(3)4/h8-10,12-13,15-16,18,23H,7,11,14,17H2,1-6H3,(H,31,33)(H,32,38). The van der Waals surface area contributed by atoms with Gasteiger partial charge in [-0.05, 0) is 61.1 Å². The molecule has 1 unspecified atom stereocenters. The number of nitrogens with zero attached hydrogens (tertiary/aromatic N) is 4. The number of aromatic nitrogens is 3. The van der Waals surface area contributed by atoms with Crippen molar-refractivity contribution in [1.82, 2.24) is 24.3 Å². The number of hydrogen-bond acceptors (Lipinski definition) is 6. The van der Waals surface area contributed by atoms with Crippen molar-refractivity contribution in [2.45, 2.75) is 45.8 Å². The Labute approximate surface area is 238 Å². The monoisotopic (exact) mass is 568 g/mol. The summed E-state index contributed by atoms with van der Waals surface area (Å²) in [5.41, 5.74) is 1.47. The lowest BCUT2D eigenvalue weighted by molar-refractivity contribution is -0.125. The Hall–Kier alpha value is -4.48. The second-order valence-electron chi connectivity index (χ2n) is 10.6. The van der Waals surface area contributed by atoms with E-state index in [2.05, 4.69) is 15.3 Å². The van der Waals surface area contributed by atoms with Crippen molar-refractivity contribution in [2.75, 3.05) is 33.5 Å². The average Bonchev–Trinajstić information content (AvgIpc) is 3.29. The number of H-pyrrole nitrogens is 1. The highest BCUT2D eigenvalue weighted by Crippen LogP contribution is 2.22. The number of hydrogen-bond donors (Lipinski definition) is 2. The van der Waals surface area contributed by atoms with Crippen molar-refractivity contribution in [2.24, 2.45) is 5.92 Å². The van der Waals surface area contributed by atoms with Gasteiger partial charge in [-0.15, -0.1) is 0 Å². The molecule has 2 heterocycles. The number of imidazole rings is 1. The van der Waals surface area contributed by atoms with E-state index >= 15 is 0 Å². The van der Waals surface area contributed by atoms with Gasteiger partial charge in [0.15, 0.2) is 6.10 Å². The zero-order chi connectivity index (χ0) is 30.3. The van der Waals surface area contributed by atoms with Crippen molar-refractivity contribution in [1.29, 1.82) is 0 Å². The van der Waals surface area contributed by atoms with E-state index in [1.807, 2.05) is 13.8 Å². The summed E-state index contributed by atoms with van der Waals surface area (Å²) in [7, 11) is 6.21. The number of nitrogens with one attached hydrogen (secondary N) is 2. The smallest absolute Gasteiger partial charge is 0.410 e. The maximum Gasteiger partial charge on any atom is 0.410 e. The molecular formula is C29H37FN6O5. The number of anilines is 1. The molecule has 0 spiro atoms. The highest BCUT2D eigenvalue weighted by molar-refractivity contribution is 5.95. The van der Waals surface area contributed by atoms with Gasteiger partial charge in [0.1, 0.15) is 17.3 Å². The van der Waals surface area contributed by atoms with Crippen molar-refractivity contribution < 1.29 is 23.5 Å². The van der Waals surface area contributed by atoms with Gasteiger partial charge in [-0.25, -0.2) is 14.2 Å². The number of pyridine rings is 1. The SMILES string of the molecule is CC(C)Cc1cc(F)cc2[nH]c(Cn3cccc(NC(=O)C(CCC=CC(=O)N(C)C)OC(=O)N(C)C)c3=O)nc12. The molecule has 220 valence electrons. The summed E-state index contributed by atoms with van der Waals surface area (Å²) in [6.45, 7) is 4.14. The van der Waals surface area contributed by atoms with Gasteiger partial charge >= 0.3 is 6.09 Å². The number of likely N-dealkylation sites (N-methyl/N-ethyl adjacent to an activating group) is 1. The third kappa shape index (κ3) is 8.50. The van der Waals surface area contributed by atoms with Crippen molar-refractivity contribution in [3.8, 4) is 0 Å². The molecule has 0 radical (unpaired) electrons. The van der Waals surface area contributed by atoms with E-state index in [1.165, 1.54) is 52.7 Å². The van der Waals surface area contributed by atoms with Gasteiger partial charge < -0.3 is 29.4 Å². The van der Waals surface area contributed by atoms with E-state index in [1.54, 1.807) is 32.4 Å². The van der Waals surface area contributed by atoms with Crippen LogP contribution >= 0.6 is 0 Å². The number of amides is 3. The van der Waals surface area contributed by atoms with Gasteiger partial charge in [0.2, 0.25) is 5.91 Å². The predicted octanol–water partition coefficient (Wildman–Crippen LogP) is 3.54. The molecule has 0 aliphatic rings. The van der Waals surface area contributed by atoms with Crippen LogP contribution in [-0.2, 0) is 27.3 Å². The molecule has 0 saturated heterocycles. The van der Waals surface area contributed by atoms with Crippen molar-refractivity contribution >= 4 is 34.6 Å². The number of ether oxygens (including phenoxy) is 1. The molecular weight excluding hydrogens is 531 g/mol. The molecule has 2 N–H and O–H groups in total. The molecule has 1 aromatic carbocycles. The van der Waals surface area contributed by atoms with Gasteiger partial charge in [0, 0.05) is 34.4 Å². The van der Waals surface area contributed by atoms with Gasteiger partial charge in [-0.2, -0.15) is 0 Å². The fraction of sp³-hybridized carbons (Fsp3) is 0.414. The summed E-state index contributed by atoms with van der Waals surface area (Å²) in [5.74, 6) is -0.500. The minimum atomic E-state index is -1.21. The summed E-state index contributed by atoms with van der Waals surface area (Å²) in [6.07, 6.45) is 3.62. The molecule has 3 rings (SSSR count). The Bertz CT molecular complexity index is 1490. The zero-order valence-electron chi connectivity index (χ0n) is 24.2. The van der Waals surface area contributed by atoms with Gasteiger partial charge in [-0.1, -0.05) is 19.9 Å². The van der Waals surface area contributed by atoms with Crippen LogP contribution in [0.15, 0.2) is 47.4 Å². The van der Waals surface area contributed by atoms with Gasteiger partial charge in [-0.3, -0.25) is 14.4 Å². The van der Waals surface area contributed by atoms with Crippen LogP contribution < -0.4 is 10.9 Å². The largest absolute Gasteiger partial charge is 0.436 e. The van der Waals surface area contributed by atoms with Crippen LogP contribution in [0, 0.1) is 11.7 Å². The second kappa shape index (κ2) is 13.7. The normalized spacial score (nSPS) is 12.1. The predicted molar refractivity (Wildman–Crippen MR) is 154 cm³/mol. The number of carbonyl (C=O) groups excluding carboxylic acids is 3. The van der Waals surface area contributed by atoms with Crippen LogP contribution in [0.1, 0.15) is 38.1 Å². The number of fused-ring (bicyclic) bond motifs is 1. The van der Waals surface area contributed by atoms with E-state index in [4.69, 9.17) is 4.74 Å². The molecule has 0 fully saturated rings. The fourth-order valence-electron chi connectivity index (χ4n) is 4.05. The minimum absolute atomic E-state index is 0.00983. The maximum absolute atomic E-state index is 14.2. The fourth-order valence-corrected chi connectivity index (χ4v) is 4.05.